The molecule has 1 aromatic heterocycles. The fraction of sp³-hybridized carbons (Fsp3) is 0.273. The lowest BCUT2D eigenvalue weighted by atomic mass is 9.88. The number of likely N-dealkylation sites (tertiary alicyclic amines) is 1. The number of ether oxygens (including phenoxy) is 1. The number of aromatic nitrogens is 1. The van der Waals surface area contributed by atoms with Gasteiger partial charge < -0.3 is 15.4 Å². The highest BCUT2D eigenvalue weighted by Gasteiger charge is 2.26. The Labute approximate surface area is 169 Å². The van der Waals surface area contributed by atoms with Gasteiger partial charge in [-0.1, -0.05) is 35.4 Å². The van der Waals surface area contributed by atoms with E-state index in [1.54, 1.807) is 11.1 Å². The van der Waals surface area contributed by atoms with Crippen molar-refractivity contribution in [3.8, 4) is 0 Å². The van der Waals surface area contributed by atoms with E-state index in [9.17, 15) is 4.79 Å². The summed E-state index contributed by atoms with van der Waals surface area (Å²) < 4.78 is 5.14. The molecule has 6 heteroatoms. The number of rotatable bonds is 1. The maximum absolute atomic E-state index is 12.0. The minimum atomic E-state index is -0.243. The van der Waals surface area contributed by atoms with E-state index in [0.29, 0.717) is 30.4 Å². The predicted molar refractivity (Wildman–Crippen MR) is 113 cm³/mol. The Hall–Kier alpha value is -2.79. The summed E-state index contributed by atoms with van der Waals surface area (Å²) in [5.41, 5.74) is 13.1. The van der Waals surface area contributed by atoms with Crippen LogP contribution in [0.25, 0.3) is 17.7 Å². The topological polar surface area (TPSA) is 68.5 Å². The van der Waals surface area contributed by atoms with Crippen LogP contribution in [0.15, 0.2) is 36.0 Å². The molecule has 144 valence electrons. The molecule has 0 saturated carbocycles. The van der Waals surface area contributed by atoms with Gasteiger partial charge in [-0.05, 0) is 49.1 Å². The van der Waals surface area contributed by atoms with Gasteiger partial charge in [0.2, 0.25) is 0 Å². The van der Waals surface area contributed by atoms with Crippen molar-refractivity contribution in [2.75, 3.05) is 25.4 Å². The van der Waals surface area contributed by atoms with Gasteiger partial charge in [-0.25, -0.2) is 4.79 Å². The van der Waals surface area contributed by atoms with Crippen LogP contribution < -0.4 is 5.73 Å². The first-order valence-electron chi connectivity index (χ1n) is 9.44. The van der Waals surface area contributed by atoms with E-state index in [4.69, 9.17) is 22.1 Å². The third-order valence-corrected chi connectivity index (χ3v) is 5.38. The van der Waals surface area contributed by atoms with Crippen LogP contribution in [0.5, 0.6) is 0 Å². The van der Waals surface area contributed by atoms with E-state index in [0.717, 1.165) is 40.8 Å². The van der Waals surface area contributed by atoms with Gasteiger partial charge in [0.1, 0.15) is 0 Å². The number of nitrogen functional groups attached to an aromatic ring is 1. The van der Waals surface area contributed by atoms with Crippen LogP contribution in [-0.2, 0) is 4.74 Å². The van der Waals surface area contributed by atoms with E-state index < -0.39 is 0 Å². The van der Waals surface area contributed by atoms with Gasteiger partial charge in [-0.2, -0.15) is 0 Å². The van der Waals surface area contributed by atoms with Crippen LogP contribution in [0.2, 0.25) is 5.02 Å². The second-order valence-electron chi connectivity index (χ2n) is 6.94. The third kappa shape index (κ3) is 3.50. The fourth-order valence-electron chi connectivity index (χ4n) is 3.82. The molecular weight excluding hydrogens is 374 g/mol. The molecule has 1 fully saturated rings. The lowest BCUT2D eigenvalue weighted by Crippen LogP contribution is -2.37. The Kier molecular flexibility index (Phi) is 5.09. The van der Waals surface area contributed by atoms with Crippen LogP contribution in [0.3, 0.4) is 0 Å². The van der Waals surface area contributed by atoms with E-state index >= 15 is 0 Å². The van der Waals surface area contributed by atoms with Crippen molar-refractivity contribution < 1.29 is 9.53 Å². The maximum atomic E-state index is 12.0. The minimum absolute atomic E-state index is 0.243. The molecule has 5 nitrogen and oxygen atoms in total. The monoisotopic (exact) mass is 395 g/mol. The maximum Gasteiger partial charge on any atom is 0.409 e. The Morgan fingerprint density at radius 1 is 1.21 bits per heavy atom. The van der Waals surface area contributed by atoms with Crippen molar-refractivity contribution >= 4 is 41.1 Å². The van der Waals surface area contributed by atoms with E-state index in [-0.39, 0.29) is 6.09 Å². The highest BCUT2D eigenvalue weighted by Crippen LogP contribution is 2.39. The van der Waals surface area contributed by atoms with E-state index in [1.165, 1.54) is 5.57 Å². The van der Waals surface area contributed by atoms with Crippen LogP contribution in [0, 0.1) is 0 Å². The van der Waals surface area contributed by atoms with Crippen molar-refractivity contribution in [3.05, 3.63) is 63.4 Å². The average molecular weight is 396 g/mol. The molecule has 1 aromatic carbocycles. The first-order valence-corrected chi connectivity index (χ1v) is 9.82. The standard InChI is InChI=1S/C22H22ClN3O2/c1-2-28-22(27)26-9-7-14(8-10-26)20-19-6-5-17(23)11-15(19)3-4-16-12-18(24)13-25-21(16)20/h3-6,11-13H,2,7-10,24H2,1H3. The summed E-state index contributed by atoms with van der Waals surface area (Å²) in [5.74, 6) is 0. The van der Waals surface area contributed by atoms with Crippen molar-refractivity contribution in [1.29, 1.82) is 0 Å². The number of hydrogen-bond donors (Lipinski definition) is 1. The number of amides is 1. The number of halogens is 1. The van der Waals surface area contributed by atoms with Gasteiger partial charge in [-0.3, -0.25) is 4.98 Å². The van der Waals surface area contributed by atoms with Gasteiger partial charge in [0, 0.05) is 29.2 Å². The second-order valence-corrected chi connectivity index (χ2v) is 7.37. The number of hydrogen-bond acceptors (Lipinski definition) is 4. The van der Waals surface area contributed by atoms with Crippen LogP contribution in [0.4, 0.5) is 10.5 Å². The minimum Gasteiger partial charge on any atom is -0.450 e. The summed E-state index contributed by atoms with van der Waals surface area (Å²) in [5, 5.41) is 0.698. The molecule has 2 heterocycles. The number of benzene rings is 1. The number of pyridine rings is 1. The van der Waals surface area contributed by atoms with Crippen molar-refractivity contribution in [2.24, 2.45) is 0 Å². The molecule has 1 aliphatic heterocycles. The zero-order chi connectivity index (χ0) is 19.7. The molecule has 0 unspecified atom stereocenters. The molecule has 0 spiro atoms. The Bertz CT molecular complexity index is 930. The average Bonchev–Trinajstić information content (AvgIpc) is 2.84. The molecule has 2 aromatic rings. The van der Waals surface area contributed by atoms with Crippen molar-refractivity contribution in [3.63, 3.8) is 0 Å². The van der Waals surface area contributed by atoms with Crippen molar-refractivity contribution in [2.45, 2.75) is 19.8 Å². The fourth-order valence-corrected chi connectivity index (χ4v) is 4.00. The lowest BCUT2D eigenvalue weighted by molar-refractivity contribution is 0.104. The molecule has 2 aliphatic rings. The van der Waals surface area contributed by atoms with Gasteiger partial charge in [0.25, 0.3) is 0 Å². The molecule has 4 rings (SSSR count). The van der Waals surface area contributed by atoms with Gasteiger partial charge in [-0.15, -0.1) is 0 Å². The smallest absolute Gasteiger partial charge is 0.409 e. The number of anilines is 1. The van der Waals surface area contributed by atoms with Crippen LogP contribution in [-0.4, -0.2) is 35.7 Å². The Balaban J connectivity index is 1.79. The number of carbonyl (C=O) groups is 1. The predicted octanol–water partition coefficient (Wildman–Crippen LogP) is 4.86. The summed E-state index contributed by atoms with van der Waals surface area (Å²) in [6, 6.07) is 7.87. The molecule has 1 amide bonds. The molecule has 1 saturated heterocycles. The van der Waals surface area contributed by atoms with Crippen molar-refractivity contribution in [1.82, 2.24) is 9.88 Å². The summed E-state index contributed by atoms with van der Waals surface area (Å²) >= 11 is 6.24. The van der Waals surface area contributed by atoms with Gasteiger partial charge in [0.15, 0.2) is 0 Å². The summed E-state index contributed by atoms with van der Waals surface area (Å²) in [4.78, 5) is 18.5. The molecule has 1 aliphatic carbocycles. The first kappa shape index (κ1) is 18.6. The van der Waals surface area contributed by atoms with Crippen LogP contribution in [0.1, 0.15) is 42.1 Å². The Morgan fingerprint density at radius 2 is 1.96 bits per heavy atom. The number of piperidine rings is 1. The number of nitrogens with two attached hydrogens (primary N) is 1. The lowest BCUT2D eigenvalue weighted by Gasteiger charge is -2.29. The third-order valence-electron chi connectivity index (χ3n) is 5.15. The van der Waals surface area contributed by atoms with E-state index in [1.807, 2.05) is 31.2 Å². The zero-order valence-corrected chi connectivity index (χ0v) is 16.5. The first-order chi connectivity index (χ1) is 13.6. The summed E-state index contributed by atoms with van der Waals surface area (Å²) in [7, 11) is 0. The zero-order valence-electron chi connectivity index (χ0n) is 15.7. The molecule has 28 heavy (non-hydrogen) atoms. The van der Waals surface area contributed by atoms with E-state index in [2.05, 4.69) is 17.1 Å². The summed E-state index contributed by atoms with van der Waals surface area (Å²) in [6.45, 7) is 3.49. The summed E-state index contributed by atoms with van der Waals surface area (Å²) in [6.07, 6.45) is 7.11. The number of carbonyl (C=O) groups excluding carboxylic acids is 1. The van der Waals surface area contributed by atoms with Gasteiger partial charge in [0.05, 0.1) is 24.2 Å². The van der Waals surface area contributed by atoms with Crippen LogP contribution >= 0.6 is 11.6 Å². The largest absolute Gasteiger partial charge is 0.450 e. The number of fused-ring (bicyclic) bond motifs is 2. The quantitative estimate of drug-likeness (QED) is 0.639. The molecule has 2 N–H and O–H groups in total. The SMILES string of the molecule is CCOC(=O)N1CCC(=C2c3ccc(Cl)cc3C=Cc3cc(N)cnc32)CC1. The Morgan fingerprint density at radius 3 is 2.71 bits per heavy atom. The highest BCUT2D eigenvalue weighted by molar-refractivity contribution is 6.30. The highest BCUT2D eigenvalue weighted by atomic mass is 35.5. The van der Waals surface area contributed by atoms with Gasteiger partial charge >= 0.3 is 6.09 Å². The molecule has 0 bridgehead atoms. The second kappa shape index (κ2) is 7.68. The number of nitrogens with zero attached hydrogens (tertiary/aromatic N) is 2. The molecule has 0 radical (unpaired) electrons. The normalized spacial score (nSPS) is 15.7. The molecular formula is C22H22ClN3O2. The molecule has 0 atom stereocenters.